The second-order valence-electron chi connectivity index (χ2n) is 2.22. The molecule has 0 aliphatic carbocycles. The fourth-order valence-electron chi connectivity index (χ4n) is 0.978. The zero-order valence-corrected chi connectivity index (χ0v) is 4.93. The van der Waals surface area contributed by atoms with Gasteiger partial charge in [-0.3, -0.25) is 0 Å². The number of nitrogens with one attached hydrogen (secondary N) is 1. The van der Waals surface area contributed by atoms with Gasteiger partial charge in [-0.15, -0.1) is 6.58 Å². The van der Waals surface area contributed by atoms with Crippen LogP contribution in [0, 0.1) is 5.92 Å². The van der Waals surface area contributed by atoms with Crippen molar-refractivity contribution in [1.29, 1.82) is 0 Å². The Morgan fingerprint density at radius 1 is 1.62 bits per heavy atom. The molecule has 46 valence electrons. The zero-order valence-electron chi connectivity index (χ0n) is 4.93. The molecule has 0 amide bonds. The molecule has 0 aromatic heterocycles. The highest BCUT2D eigenvalue weighted by molar-refractivity contribution is 4.94. The second-order valence-corrected chi connectivity index (χ2v) is 2.22. The van der Waals surface area contributed by atoms with Crippen molar-refractivity contribution >= 4 is 0 Å². The summed E-state index contributed by atoms with van der Waals surface area (Å²) in [5.74, 6) is 0.495. The van der Waals surface area contributed by atoms with Gasteiger partial charge in [-0.2, -0.15) is 0 Å². The normalized spacial score (nSPS) is 37.6. The van der Waals surface area contributed by atoms with Gasteiger partial charge in [0.25, 0.3) is 0 Å². The molecule has 0 spiro atoms. The Labute approximate surface area is 49.8 Å². The molecule has 2 heteroatoms. The summed E-state index contributed by atoms with van der Waals surface area (Å²) in [6.45, 7) is 5.62. The van der Waals surface area contributed by atoms with Crippen LogP contribution in [0.4, 0.5) is 0 Å². The smallest absolute Gasteiger partial charge is 0.0241 e. The Kier molecular flexibility index (Phi) is 1.65. The maximum absolute atomic E-state index is 5.66. The molecule has 0 aromatic carbocycles. The minimum absolute atomic E-state index is 0.299. The summed E-state index contributed by atoms with van der Waals surface area (Å²) in [5, 5.41) is 3.18. The van der Waals surface area contributed by atoms with Gasteiger partial charge in [0.15, 0.2) is 0 Å². The lowest BCUT2D eigenvalue weighted by Gasteiger charge is -2.05. The van der Waals surface area contributed by atoms with Crippen molar-refractivity contribution in [3.63, 3.8) is 0 Å². The molecule has 1 heterocycles. The molecular weight excluding hydrogens is 100 g/mol. The molecule has 1 saturated heterocycles. The standard InChI is InChI=1S/C6H12N2/c1-2-5-3-8-4-6(5)7/h2,5-6,8H,1,3-4,7H2. The molecule has 1 aliphatic heterocycles. The molecule has 0 aromatic rings. The molecule has 0 radical (unpaired) electrons. The molecule has 0 saturated carbocycles. The lowest BCUT2D eigenvalue weighted by molar-refractivity contribution is 0.624. The SMILES string of the molecule is C=CC1CNCC1N. The van der Waals surface area contributed by atoms with E-state index in [4.69, 9.17) is 5.73 Å². The average Bonchev–Trinajstić information content (AvgIpc) is 2.14. The Morgan fingerprint density at radius 2 is 2.38 bits per heavy atom. The highest BCUT2D eigenvalue weighted by Gasteiger charge is 2.19. The molecule has 3 N–H and O–H groups in total. The summed E-state index contributed by atoms with van der Waals surface area (Å²) in [6.07, 6.45) is 1.92. The van der Waals surface area contributed by atoms with E-state index in [9.17, 15) is 0 Å². The van der Waals surface area contributed by atoms with Crippen LogP contribution in [0.15, 0.2) is 12.7 Å². The van der Waals surface area contributed by atoms with Crippen LogP contribution in [0.1, 0.15) is 0 Å². The molecule has 2 atom stereocenters. The number of hydrogen-bond donors (Lipinski definition) is 2. The fourth-order valence-corrected chi connectivity index (χ4v) is 0.978. The van der Waals surface area contributed by atoms with Gasteiger partial charge in [0.2, 0.25) is 0 Å². The molecule has 0 bridgehead atoms. The fraction of sp³-hybridized carbons (Fsp3) is 0.667. The topological polar surface area (TPSA) is 38.0 Å². The van der Waals surface area contributed by atoms with E-state index in [1.165, 1.54) is 0 Å². The summed E-state index contributed by atoms with van der Waals surface area (Å²) in [4.78, 5) is 0. The van der Waals surface area contributed by atoms with Crippen LogP contribution in [-0.2, 0) is 0 Å². The van der Waals surface area contributed by atoms with E-state index >= 15 is 0 Å². The van der Waals surface area contributed by atoms with E-state index in [-0.39, 0.29) is 0 Å². The van der Waals surface area contributed by atoms with Gasteiger partial charge >= 0.3 is 0 Å². The first-order valence-corrected chi connectivity index (χ1v) is 2.93. The maximum atomic E-state index is 5.66. The first kappa shape index (κ1) is 5.79. The average molecular weight is 112 g/mol. The Hall–Kier alpha value is -0.340. The van der Waals surface area contributed by atoms with Crippen molar-refractivity contribution in [2.75, 3.05) is 13.1 Å². The van der Waals surface area contributed by atoms with E-state index < -0.39 is 0 Å². The molecule has 1 rings (SSSR count). The van der Waals surface area contributed by atoms with Crippen LogP contribution in [-0.4, -0.2) is 19.1 Å². The summed E-state index contributed by atoms with van der Waals surface area (Å²) < 4.78 is 0. The Bertz CT molecular complexity index is 90.5. The van der Waals surface area contributed by atoms with E-state index in [1.54, 1.807) is 0 Å². The van der Waals surface area contributed by atoms with Crippen molar-refractivity contribution in [1.82, 2.24) is 5.32 Å². The number of nitrogens with two attached hydrogens (primary N) is 1. The minimum atomic E-state index is 0.299. The van der Waals surface area contributed by atoms with Gasteiger partial charge in [-0.25, -0.2) is 0 Å². The largest absolute Gasteiger partial charge is 0.326 e. The summed E-state index contributed by atoms with van der Waals surface area (Å²) in [7, 11) is 0. The summed E-state index contributed by atoms with van der Waals surface area (Å²) >= 11 is 0. The molecule has 1 fully saturated rings. The predicted molar refractivity (Wildman–Crippen MR) is 34.5 cm³/mol. The highest BCUT2D eigenvalue weighted by Crippen LogP contribution is 2.05. The zero-order chi connectivity index (χ0) is 5.98. The van der Waals surface area contributed by atoms with Crippen molar-refractivity contribution in [3.05, 3.63) is 12.7 Å². The first-order chi connectivity index (χ1) is 3.84. The van der Waals surface area contributed by atoms with Gasteiger partial charge in [0.1, 0.15) is 0 Å². The number of rotatable bonds is 1. The van der Waals surface area contributed by atoms with Crippen LogP contribution < -0.4 is 11.1 Å². The second kappa shape index (κ2) is 2.29. The van der Waals surface area contributed by atoms with Gasteiger partial charge in [-0.1, -0.05) is 6.08 Å². The molecule has 2 nitrogen and oxygen atoms in total. The Balaban J connectivity index is 2.41. The van der Waals surface area contributed by atoms with E-state index in [1.807, 2.05) is 6.08 Å². The quantitative estimate of drug-likeness (QED) is 0.458. The third-order valence-corrected chi connectivity index (χ3v) is 1.61. The molecule has 2 unspecified atom stereocenters. The van der Waals surface area contributed by atoms with Crippen molar-refractivity contribution in [3.8, 4) is 0 Å². The van der Waals surface area contributed by atoms with Crippen LogP contribution in [0.25, 0.3) is 0 Å². The van der Waals surface area contributed by atoms with Crippen molar-refractivity contribution in [2.45, 2.75) is 6.04 Å². The Morgan fingerprint density at radius 3 is 2.62 bits per heavy atom. The van der Waals surface area contributed by atoms with Crippen molar-refractivity contribution < 1.29 is 0 Å². The lowest BCUT2D eigenvalue weighted by atomic mass is 10.1. The summed E-state index contributed by atoms with van der Waals surface area (Å²) in [5.41, 5.74) is 5.66. The highest BCUT2D eigenvalue weighted by atomic mass is 15.0. The maximum Gasteiger partial charge on any atom is 0.0241 e. The molecule has 8 heavy (non-hydrogen) atoms. The monoisotopic (exact) mass is 112 g/mol. The van der Waals surface area contributed by atoms with Crippen LogP contribution in [0.5, 0.6) is 0 Å². The number of hydrogen-bond acceptors (Lipinski definition) is 2. The predicted octanol–water partition coefficient (Wildman–Crippen LogP) is -0.281. The third-order valence-electron chi connectivity index (χ3n) is 1.61. The summed E-state index contributed by atoms with van der Waals surface area (Å²) in [6, 6.07) is 0.299. The van der Waals surface area contributed by atoms with Crippen LogP contribution in [0.2, 0.25) is 0 Å². The molecule has 1 aliphatic rings. The third kappa shape index (κ3) is 0.904. The van der Waals surface area contributed by atoms with Crippen LogP contribution in [0.3, 0.4) is 0 Å². The van der Waals surface area contributed by atoms with Crippen LogP contribution >= 0.6 is 0 Å². The molecular formula is C6H12N2. The van der Waals surface area contributed by atoms with Crippen molar-refractivity contribution in [2.24, 2.45) is 11.7 Å². The first-order valence-electron chi connectivity index (χ1n) is 2.93. The minimum Gasteiger partial charge on any atom is -0.326 e. The lowest BCUT2D eigenvalue weighted by Crippen LogP contribution is -2.27. The van der Waals surface area contributed by atoms with E-state index in [0.717, 1.165) is 13.1 Å². The van der Waals surface area contributed by atoms with Gasteiger partial charge in [0.05, 0.1) is 0 Å². The van der Waals surface area contributed by atoms with E-state index in [0.29, 0.717) is 12.0 Å². The van der Waals surface area contributed by atoms with E-state index in [2.05, 4.69) is 11.9 Å². The van der Waals surface area contributed by atoms with Gasteiger partial charge < -0.3 is 11.1 Å². The van der Waals surface area contributed by atoms with Gasteiger partial charge in [0, 0.05) is 25.0 Å². The van der Waals surface area contributed by atoms with Gasteiger partial charge in [-0.05, 0) is 0 Å².